The number of halogens is 1. The number of benzene rings is 1. The molecule has 2 heterocycles. The van der Waals surface area contributed by atoms with E-state index in [1.165, 1.54) is 0 Å². The normalized spacial score (nSPS) is 10.8. The average Bonchev–Trinajstić information content (AvgIpc) is 2.89. The Bertz CT molecular complexity index is 721. The number of nitrogens with zero attached hydrogens (tertiary/aromatic N) is 2. The first-order valence-electron chi connectivity index (χ1n) is 5.99. The molecular weight excluding hydrogens is 260 g/mol. The molecule has 19 heavy (non-hydrogen) atoms. The number of fused-ring (bicyclic) bond motifs is 1. The summed E-state index contributed by atoms with van der Waals surface area (Å²) in [5.74, 6) is 1.32. The Morgan fingerprint density at radius 3 is 2.89 bits per heavy atom. The van der Waals surface area contributed by atoms with Crippen LogP contribution in [0, 0.1) is 0 Å². The van der Waals surface area contributed by atoms with E-state index >= 15 is 0 Å². The highest BCUT2D eigenvalue weighted by molar-refractivity contribution is 6.17. The van der Waals surface area contributed by atoms with E-state index in [0.717, 1.165) is 28.2 Å². The highest BCUT2D eigenvalue weighted by Gasteiger charge is 2.09. The van der Waals surface area contributed by atoms with Gasteiger partial charge in [0.2, 0.25) is 0 Å². The molecule has 0 fully saturated rings. The van der Waals surface area contributed by atoms with E-state index < -0.39 is 0 Å². The van der Waals surface area contributed by atoms with E-state index in [1.807, 2.05) is 53.2 Å². The molecule has 0 aliphatic carbocycles. The molecule has 0 saturated carbocycles. The van der Waals surface area contributed by atoms with Crippen LogP contribution in [0.4, 0.5) is 0 Å². The van der Waals surface area contributed by atoms with E-state index in [2.05, 4.69) is 4.98 Å². The first-order valence-corrected chi connectivity index (χ1v) is 6.52. The van der Waals surface area contributed by atoms with Crippen LogP contribution in [0.15, 0.2) is 48.8 Å². The van der Waals surface area contributed by atoms with Crippen molar-refractivity contribution in [1.29, 1.82) is 0 Å². The third kappa shape index (κ3) is 2.17. The minimum Gasteiger partial charge on any atom is -0.496 e. The van der Waals surface area contributed by atoms with E-state index in [4.69, 9.17) is 16.3 Å². The maximum Gasteiger partial charge on any atom is 0.137 e. The number of imidazole rings is 1. The molecule has 0 aliphatic rings. The lowest BCUT2D eigenvalue weighted by molar-refractivity contribution is 0.416. The van der Waals surface area contributed by atoms with Gasteiger partial charge in [0, 0.05) is 23.8 Å². The summed E-state index contributed by atoms with van der Waals surface area (Å²) in [6.07, 6.45) is 3.96. The minimum absolute atomic E-state index is 0.493. The summed E-state index contributed by atoms with van der Waals surface area (Å²) in [5.41, 5.74) is 3.83. The van der Waals surface area contributed by atoms with E-state index in [1.54, 1.807) is 7.11 Å². The number of pyridine rings is 1. The van der Waals surface area contributed by atoms with E-state index in [-0.39, 0.29) is 0 Å². The second-order valence-electron chi connectivity index (χ2n) is 4.26. The van der Waals surface area contributed by atoms with Gasteiger partial charge in [0.05, 0.1) is 12.8 Å². The molecule has 0 N–H and O–H groups in total. The van der Waals surface area contributed by atoms with Crippen molar-refractivity contribution in [2.45, 2.75) is 5.88 Å². The van der Waals surface area contributed by atoms with Crippen molar-refractivity contribution in [3.05, 3.63) is 54.4 Å². The number of hydrogen-bond acceptors (Lipinski definition) is 2. The van der Waals surface area contributed by atoms with E-state index in [9.17, 15) is 0 Å². The van der Waals surface area contributed by atoms with Crippen LogP contribution in [0.5, 0.6) is 5.75 Å². The third-order valence-electron chi connectivity index (χ3n) is 3.06. The number of rotatable bonds is 3. The highest BCUT2D eigenvalue weighted by atomic mass is 35.5. The van der Waals surface area contributed by atoms with Crippen LogP contribution < -0.4 is 4.74 Å². The maximum atomic E-state index is 5.84. The van der Waals surface area contributed by atoms with Gasteiger partial charge in [0.1, 0.15) is 11.4 Å². The Morgan fingerprint density at radius 1 is 1.26 bits per heavy atom. The van der Waals surface area contributed by atoms with Gasteiger partial charge in [-0.3, -0.25) is 0 Å². The number of ether oxygens (including phenoxy) is 1. The van der Waals surface area contributed by atoms with Crippen molar-refractivity contribution in [2.24, 2.45) is 0 Å². The Morgan fingerprint density at radius 2 is 2.11 bits per heavy atom. The van der Waals surface area contributed by atoms with Crippen molar-refractivity contribution >= 4 is 17.2 Å². The molecular formula is C15H13ClN2O. The van der Waals surface area contributed by atoms with Crippen LogP contribution in [0.1, 0.15) is 5.56 Å². The maximum absolute atomic E-state index is 5.84. The van der Waals surface area contributed by atoms with Crippen LogP contribution in [-0.2, 0) is 5.88 Å². The summed E-state index contributed by atoms with van der Waals surface area (Å²) in [4.78, 5) is 4.62. The lowest BCUT2D eigenvalue weighted by Crippen LogP contribution is -1.86. The Kier molecular flexibility index (Phi) is 3.13. The monoisotopic (exact) mass is 272 g/mol. The topological polar surface area (TPSA) is 26.5 Å². The molecule has 0 unspecified atom stereocenters. The molecule has 0 amide bonds. The van der Waals surface area contributed by atoms with Crippen molar-refractivity contribution < 1.29 is 4.74 Å². The second kappa shape index (κ2) is 4.94. The SMILES string of the molecule is COc1ccccc1-c1cn2ccc(CCl)cc2n1. The molecule has 0 atom stereocenters. The van der Waals surface area contributed by atoms with Crippen molar-refractivity contribution in [2.75, 3.05) is 7.11 Å². The van der Waals surface area contributed by atoms with Crippen molar-refractivity contribution in [1.82, 2.24) is 9.38 Å². The summed E-state index contributed by atoms with van der Waals surface area (Å²) < 4.78 is 7.35. The first kappa shape index (κ1) is 12.1. The molecule has 4 heteroatoms. The number of para-hydroxylation sites is 1. The van der Waals surface area contributed by atoms with Crippen LogP contribution in [0.25, 0.3) is 16.9 Å². The summed E-state index contributed by atoms with van der Waals surface area (Å²) in [5, 5.41) is 0. The molecule has 96 valence electrons. The Hall–Kier alpha value is -2.00. The van der Waals surface area contributed by atoms with Gasteiger partial charge in [-0.1, -0.05) is 12.1 Å². The van der Waals surface area contributed by atoms with Crippen molar-refractivity contribution in [3.8, 4) is 17.0 Å². The fourth-order valence-corrected chi connectivity index (χ4v) is 2.26. The van der Waals surface area contributed by atoms with Crippen LogP contribution in [0.3, 0.4) is 0 Å². The molecule has 3 rings (SSSR count). The zero-order chi connectivity index (χ0) is 13.2. The van der Waals surface area contributed by atoms with Gasteiger partial charge in [0.25, 0.3) is 0 Å². The van der Waals surface area contributed by atoms with Crippen LogP contribution in [0.2, 0.25) is 0 Å². The highest BCUT2D eigenvalue weighted by Crippen LogP contribution is 2.29. The van der Waals surface area contributed by atoms with Gasteiger partial charge in [-0.25, -0.2) is 4.98 Å². The molecule has 0 saturated heterocycles. The van der Waals surface area contributed by atoms with E-state index in [0.29, 0.717) is 5.88 Å². The molecule has 0 aliphatic heterocycles. The summed E-state index contributed by atoms with van der Waals surface area (Å²) in [7, 11) is 1.67. The summed E-state index contributed by atoms with van der Waals surface area (Å²) in [6.45, 7) is 0. The second-order valence-corrected chi connectivity index (χ2v) is 4.53. The molecule has 0 radical (unpaired) electrons. The average molecular weight is 273 g/mol. The van der Waals surface area contributed by atoms with Crippen LogP contribution in [-0.4, -0.2) is 16.5 Å². The predicted molar refractivity (Wildman–Crippen MR) is 76.7 cm³/mol. The van der Waals surface area contributed by atoms with Gasteiger partial charge in [-0.2, -0.15) is 0 Å². The largest absolute Gasteiger partial charge is 0.496 e. The molecule has 3 nitrogen and oxygen atoms in total. The van der Waals surface area contributed by atoms with Crippen LogP contribution >= 0.6 is 11.6 Å². The molecule has 0 bridgehead atoms. The van der Waals surface area contributed by atoms with Gasteiger partial charge >= 0.3 is 0 Å². The Labute approximate surface area is 116 Å². The lowest BCUT2D eigenvalue weighted by Gasteiger charge is -2.04. The zero-order valence-corrected chi connectivity index (χ0v) is 11.3. The van der Waals surface area contributed by atoms with Gasteiger partial charge in [-0.15, -0.1) is 11.6 Å². The molecule has 3 aromatic rings. The number of aromatic nitrogens is 2. The number of alkyl halides is 1. The predicted octanol–water partition coefficient (Wildman–Crippen LogP) is 3.75. The van der Waals surface area contributed by atoms with Crippen molar-refractivity contribution in [3.63, 3.8) is 0 Å². The summed E-state index contributed by atoms with van der Waals surface area (Å²) >= 11 is 5.84. The van der Waals surface area contributed by atoms with Gasteiger partial charge < -0.3 is 9.14 Å². The fraction of sp³-hybridized carbons (Fsp3) is 0.133. The quantitative estimate of drug-likeness (QED) is 0.679. The first-order chi connectivity index (χ1) is 9.31. The molecule has 2 aromatic heterocycles. The minimum atomic E-state index is 0.493. The molecule has 0 spiro atoms. The fourth-order valence-electron chi connectivity index (χ4n) is 2.09. The van der Waals surface area contributed by atoms with Gasteiger partial charge in [-0.05, 0) is 29.8 Å². The third-order valence-corrected chi connectivity index (χ3v) is 3.37. The lowest BCUT2D eigenvalue weighted by atomic mass is 10.1. The standard InChI is InChI=1S/C15H13ClN2O/c1-19-14-5-3-2-4-12(14)13-10-18-7-6-11(9-16)8-15(18)17-13/h2-8,10H,9H2,1H3. The summed E-state index contributed by atoms with van der Waals surface area (Å²) in [6, 6.07) is 11.8. The zero-order valence-electron chi connectivity index (χ0n) is 10.5. The number of methoxy groups -OCH3 is 1. The smallest absolute Gasteiger partial charge is 0.137 e. The van der Waals surface area contributed by atoms with Gasteiger partial charge in [0.15, 0.2) is 0 Å². The number of hydrogen-bond donors (Lipinski definition) is 0. The Balaban J connectivity index is 2.15. The molecule has 1 aromatic carbocycles.